The van der Waals surface area contributed by atoms with Crippen LogP contribution in [0.1, 0.15) is 46.3 Å². The van der Waals surface area contributed by atoms with Gasteiger partial charge < -0.3 is 9.47 Å². The first-order valence-corrected chi connectivity index (χ1v) is 7.63. The number of esters is 1. The number of benzene rings is 2. The predicted octanol–water partition coefficient (Wildman–Crippen LogP) is 4.11. The van der Waals surface area contributed by atoms with Crippen LogP contribution in [0.25, 0.3) is 0 Å². The third-order valence-corrected chi connectivity index (χ3v) is 4.26. The minimum Gasteiger partial charge on any atom is -0.465 e. The smallest absolute Gasteiger partial charge is 0.337 e. The Morgan fingerprint density at radius 1 is 1.05 bits per heavy atom. The van der Waals surface area contributed by atoms with Gasteiger partial charge in [-0.25, -0.2) is 4.79 Å². The summed E-state index contributed by atoms with van der Waals surface area (Å²) in [5.41, 5.74) is 3.07. The molecule has 1 heterocycles. The van der Waals surface area contributed by atoms with Crippen molar-refractivity contribution in [2.75, 3.05) is 13.7 Å². The van der Waals surface area contributed by atoms with E-state index in [0.717, 1.165) is 25.0 Å². The fourth-order valence-electron chi connectivity index (χ4n) is 3.01. The highest BCUT2D eigenvalue weighted by Gasteiger charge is 2.25. The van der Waals surface area contributed by atoms with Crippen molar-refractivity contribution in [2.24, 2.45) is 0 Å². The first-order valence-electron chi connectivity index (χ1n) is 7.63. The van der Waals surface area contributed by atoms with Crippen molar-refractivity contribution in [1.29, 1.82) is 0 Å². The molecule has 0 N–H and O–H groups in total. The number of carbonyl (C=O) groups excluding carboxylic acids is 1. The fourth-order valence-corrected chi connectivity index (χ4v) is 3.01. The van der Waals surface area contributed by atoms with E-state index < -0.39 is 0 Å². The molecule has 2 aromatic rings. The second kappa shape index (κ2) is 6.75. The summed E-state index contributed by atoms with van der Waals surface area (Å²) >= 11 is 0. The molecule has 3 rings (SSSR count). The van der Waals surface area contributed by atoms with Crippen molar-refractivity contribution < 1.29 is 14.3 Å². The highest BCUT2D eigenvalue weighted by atomic mass is 16.5. The molecule has 1 aliphatic heterocycles. The normalized spacial score (nSPS) is 21.3. The molecule has 0 saturated carbocycles. The molecular formula is C19H20O3. The van der Waals surface area contributed by atoms with Gasteiger partial charge in [0, 0.05) is 6.61 Å². The maximum absolute atomic E-state index is 11.5. The predicted molar refractivity (Wildman–Crippen MR) is 84.9 cm³/mol. The van der Waals surface area contributed by atoms with E-state index in [9.17, 15) is 4.79 Å². The van der Waals surface area contributed by atoms with Crippen LogP contribution in [0.3, 0.4) is 0 Å². The number of methoxy groups -OCH3 is 1. The zero-order valence-electron chi connectivity index (χ0n) is 12.7. The molecule has 2 atom stereocenters. The van der Waals surface area contributed by atoms with Gasteiger partial charge in [0.2, 0.25) is 0 Å². The molecule has 1 fully saturated rings. The molecule has 0 spiro atoms. The molecule has 114 valence electrons. The monoisotopic (exact) mass is 296 g/mol. The van der Waals surface area contributed by atoms with Crippen LogP contribution in [-0.2, 0) is 9.47 Å². The van der Waals surface area contributed by atoms with Crippen molar-refractivity contribution in [3.8, 4) is 0 Å². The average Bonchev–Trinajstić information content (AvgIpc) is 2.62. The molecule has 3 nitrogen and oxygen atoms in total. The van der Waals surface area contributed by atoms with Gasteiger partial charge in [-0.3, -0.25) is 0 Å². The molecule has 0 bridgehead atoms. The number of hydrogen-bond donors (Lipinski definition) is 0. The zero-order valence-corrected chi connectivity index (χ0v) is 12.7. The van der Waals surface area contributed by atoms with Gasteiger partial charge in [0.1, 0.15) is 0 Å². The van der Waals surface area contributed by atoms with E-state index in [1.165, 1.54) is 12.7 Å². The van der Waals surface area contributed by atoms with Crippen molar-refractivity contribution in [2.45, 2.75) is 24.9 Å². The second-order valence-electron chi connectivity index (χ2n) is 5.61. The Kier molecular flexibility index (Phi) is 4.54. The lowest BCUT2D eigenvalue weighted by Crippen LogP contribution is -2.18. The lowest BCUT2D eigenvalue weighted by molar-refractivity contribution is 0.00524. The van der Waals surface area contributed by atoms with Crippen molar-refractivity contribution >= 4 is 5.97 Å². The molecule has 3 heteroatoms. The molecule has 0 radical (unpaired) electrons. The van der Waals surface area contributed by atoms with E-state index in [1.54, 1.807) is 12.1 Å². The average molecular weight is 296 g/mol. The van der Waals surface area contributed by atoms with Crippen LogP contribution in [0, 0.1) is 0 Å². The van der Waals surface area contributed by atoms with E-state index in [0.29, 0.717) is 11.5 Å². The first-order chi connectivity index (χ1) is 10.8. The van der Waals surface area contributed by atoms with Gasteiger partial charge in [0.05, 0.1) is 18.8 Å². The minimum atomic E-state index is -0.307. The summed E-state index contributed by atoms with van der Waals surface area (Å²) < 4.78 is 10.7. The summed E-state index contributed by atoms with van der Waals surface area (Å²) in [5.74, 6) is 0.221. The van der Waals surface area contributed by atoms with Crippen LogP contribution in [0.4, 0.5) is 0 Å². The molecular weight excluding hydrogens is 276 g/mol. The summed E-state index contributed by atoms with van der Waals surface area (Å²) in [6.07, 6.45) is 2.12. The standard InChI is InChI=1S/C19H20O3/c1-21-19(20)16-9-7-15(8-10-16)18-13-17(11-12-22-18)14-5-3-2-4-6-14/h2-10,17-18H,11-13H2,1H3/t17-,18+/m0/s1. The minimum absolute atomic E-state index is 0.0886. The summed E-state index contributed by atoms with van der Waals surface area (Å²) in [7, 11) is 1.39. The van der Waals surface area contributed by atoms with E-state index in [-0.39, 0.29) is 12.1 Å². The van der Waals surface area contributed by atoms with Crippen LogP contribution in [-0.4, -0.2) is 19.7 Å². The summed E-state index contributed by atoms with van der Waals surface area (Å²) in [5, 5.41) is 0. The van der Waals surface area contributed by atoms with E-state index in [1.807, 2.05) is 18.2 Å². The fraction of sp³-hybridized carbons (Fsp3) is 0.316. The first kappa shape index (κ1) is 14.8. The molecule has 22 heavy (non-hydrogen) atoms. The van der Waals surface area contributed by atoms with E-state index in [2.05, 4.69) is 24.3 Å². The van der Waals surface area contributed by atoms with Crippen LogP contribution < -0.4 is 0 Å². The highest BCUT2D eigenvalue weighted by molar-refractivity contribution is 5.89. The van der Waals surface area contributed by atoms with Crippen LogP contribution in [0.2, 0.25) is 0 Å². The summed E-state index contributed by atoms with van der Waals surface area (Å²) in [6, 6.07) is 18.1. The van der Waals surface area contributed by atoms with E-state index >= 15 is 0 Å². The number of carbonyl (C=O) groups is 1. The maximum atomic E-state index is 11.5. The van der Waals surface area contributed by atoms with Crippen molar-refractivity contribution in [3.63, 3.8) is 0 Å². The highest BCUT2D eigenvalue weighted by Crippen LogP contribution is 2.37. The Labute approximate surface area is 130 Å². The van der Waals surface area contributed by atoms with Crippen molar-refractivity contribution in [1.82, 2.24) is 0 Å². The third kappa shape index (κ3) is 3.20. The third-order valence-electron chi connectivity index (χ3n) is 4.26. The second-order valence-corrected chi connectivity index (χ2v) is 5.61. The Morgan fingerprint density at radius 3 is 2.45 bits per heavy atom. The molecule has 1 saturated heterocycles. The van der Waals surface area contributed by atoms with Gasteiger partial charge in [-0.05, 0) is 42.0 Å². The maximum Gasteiger partial charge on any atom is 0.337 e. The SMILES string of the molecule is COC(=O)c1ccc([C@H]2C[C@@H](c3ccccc3)CCO2)cc1. The molecule has 1 aliphatic rings. The molecule has 0 aliphatic carbocycles. The number of ether oxygens (including phenoxy) is 2. The number of hydrogen-bond acceptors (Lipinski definition) is 3. The zero-order chi connectivity index (χ0) is 15.4. The molecule has 0 unspecified atom stereocenters. The van der Waals surface area contributed by atoms with Gasteiger partial charge in [0.25, 0.3) is 0 Å². The summed E-state index contributed by atoms with van der Waals surface area (Å²) in [4.78, 5) is 11.5. The van der Waals surface area contributed by atoms with Gasteiger partial charge in [-0.1, -0.05) is 42.5 Å². The van der Waals surface area contributed by atoms with Crippen LogP contribution >= 0.6 is 0 Å². The Bertz CT molecular complexity index is 619. The van der Waals surface area contributed by atoms with Gasteiger partial charge in [-0.2, -0.15) is 0 Å². The lowest BCUT2D eigenvalue weighted by Gasteiger charge is -2.30. The van der Waals surface area contributed by atoms with E-state index in [4.69, 9.17) is 9.47 Å². The van der Waals surface area contributed by atoms with Gasteiger partial charge in [0.15, 0.2) is 0 Å². The largest absolute Gasteiger partial charge is 0.465 e. The molecule has 2 aromatic carbocycles. The lowest BCUT2D eigenvalue weighted by atomic mass is 9.86. The quantitative estimate of drug-likeness (QED) is 0.800. The topological polar surface area (TPSA) is 35.5 Å². The number of rotatable bonds is 3. The Morgan fingerprint density at radius 2 is 1.77 bits per heavy atom. The van der Waals surface area contributed by atoms with Crippen LogP contribution in [0.5, 0.6) is 0 Å². The van der Waals surface area contributed by atoms with Crippen molar-refractivity contribution in [3.05, 3.63) is 71.3 Å². The Balaban J connectivity index is 1.73. The molecule has 0 aromatic heterocycles. The van der Waals surface area contributed by atoms with Gasteiger partial charge in [-0.15, -0.1) is 0 Å². The Hall–Kier alpha value is -2.13. The van der Waals surface area contributed by atoms with Gasteiger partial charge >= 0.3 is 5.97 Å². The summed E-state index contributed by atoms with van der Waals surface area (Å²) in [6.45, 7) is 0.767. The molecule has 0 amide bonds. The van der Waals surface area contributed by atoms with Crippen LogP contribution in [0.15, 0.2) is 54.6 Å².